The zero-order valence-electron chi connectivity index (χ0n) is 15.0. The molecule has 0 radical (unpaired) electrons. The highest BCUT2D eigenvalue weighted by molar-refractivity contribution is 5.97. The maximum atomic E-state index is 12.7. The molecule has 2 heterocycles. The van der Waals surface area contributed by atoms with E-state index in [2.05, 4.69) is 15.5 Å². The number of para-hydroxylation sites is 1. The minimum absolute atomic E-state index is 0.0749. The Morgan fingerprint density at radius 1 is 1.00 bits per heavy atom. The standard InChI is InChI=1S/C19H18N6O2/c1-23-16-8-7-13(9-17(16)24(2)19(23)27)10-20-18(26)14-5-3-4-6-15(14)25-11-21-22-12-25/h3-9,11-12H,10H2,1-2H3,(H,20,26). The van der Waals surface area contributed by atoms with Crippen LogP contribution in [0.4, 0.5) is 0 Å². The molecule has 4 rings (SSSR count). The first-order chi connectivity index (χ1) is 13.1. The van der Waals surface area contributed by atoms with Gasteiger partial charge in [-0.3, -0.25) is 18.5 Å². The monoisotopic (exact) mass is 362 g/mol. The van der Waals surface area contributed by atoms with Crippen molar-refractivity contribution in [2.45, 2.75) is 6.54 Å². The molecule has 0 unspecified atom stereocenters. The van der Waals surface area contributed by atoms with Gasteiger partial charge in [0.2, 0.25) is 0 Å². The molecular weight excluding hydrogens is 344 g/mol. The van der Waals surface area contributed by atoms with Gasteiger partial charge in [-0.25, -0.2) is 4.79 Å². The summed E-state index contributed by atoms with van der Waals surface area (Å²) in [6.45, 7) is 0.356. The van der Waals surface area contributed by atoms with Gasteiger partial charge in [0.05, 0.1) is 22.3 Å². The SMILES string of the molecule is Cn1c(=O)n(C)c2cc(CNC(=O)c3ccccc3-n3cnnc3)ccc21. The van der Waals surface area contributed by atoms with E-state index in [-0.39, 0.29) is 11.6 Å². The largest absolute Gasteiger partial charge is 0.348 e. The summed E-state index contributed by atoms with van der Waals surface area (Å²) in [5.41, 5.74) is 3.77. The predicted octanol–water partition coefficient (Wildman–Crippen LogP) is 1.39. The van der Waals surface area contributed by atoms with Gasteiger partial charge < -0.3 is 5.32 Å². The van der Waals surface area contributed by atoms with E-state index >= 15 is 0 Å². The molecule has 1 N–H and O–H groups in total. The molecule has 8 heteroatoms. The third-order valence-electron chi connectivity index (χ3n) is 4.64. The number of nitrogens with zero attached hydrogens (tertiary/aromatic N) is 5. The average molecular weight is 362 g/mol. The highest BCUT2D eigenvalue weighted by Crippen LogP contribution is 2.16. The van der Waals surface area contributed by atoms with Crippen LogP contribution in [0.15, 0.2) is 59.9 Å². The smallest absolute Gasteiger partial charge is 0.328 e. The summed E-state index contributed by atoms with van der Waals surface area (Å²) in [5.74, 6) is -0.193. The molecule has 0 aliphatic carbocycles. The summed E-state index contributed by atoms with van der Waals surface area (Å²) in [6.07, 6.45) is 3.10. The molecule has 0 aliphatic heterocycles. The summed E-state index contributed by atoms with van der Waals surface area (Å²) in [5, 5.41) is 10.5. The Hall–Kier alpha value is -3.68. The van der Waals surface area contributed by atoms with Crippen LogP contribution in [0.3, 0.4) is 0 Å². The van der Waals surface area contributed by atoms with Gasteiger partial charge in [-0.2, -0.15) is 0 Å². The van der Waals surface area contributed by atoms with Crippen molar-refractivity contribution < 1.29 is 4.79 Å². The predicted molar refractivity (Wildman–Crippen MR) is 101 cm³/mol. The number of imidazole rings is 1. The Morgan fingerprint density at radius 3 is 2.48 bits per heavy atom. The second kappa shape index (κ2) is 6.56. The van der Waals surface area contributed by atoms with Crippen molar-refractivity contribution in [2.75, 3.05) is 0 Å². The van der Waals surface area contributed by atoms with E-state index in [9.17, 15) is 9.59 Å². The van der Waals surface area contributed by atoms with E-state index in [1.54, 1.807) is 46.5 Å². The highest BCUT2D eigenvalue weighted by Gasteiger charge is 2.13. The first kappa shape index (κ1) is 16.8. The van der Waals surface area contributed by atoms with Gasteiger partial charge in [-0.1, -0.05) is 18.2 Å². The molecule has 0 bridgehead atoms. The number of carbonyl (C=O) groups excluding carboxylic acids is 1. The van der Waals surface area contributed by atoms with Crippen LogP contribution in [0.25, 0.3) is 16.7 Å². The molecule has 0 spiro atoms. The van der Waals surface area contributed by atoms with Crippen molar-refractivity contribution in [3.8, 4) is 5.69 Å². The van der Waals surface area contributed by atoms with Crippen molar-refractivity contribution in [1.82, 2.24) is 29.2 Å². The van der Waals surface area contributed by atoms with Gasteiger partial charge in [-0.15, -0.1) is 10.2 Å². The van der Waals surface area contributed by atoms with Crippen molar-refractivity contribution in [3.05, 3.63) is 76.7 Å². The molecule has 136 valence electrons. The fourth-order valence-corrected chi connectivity index (χ4v) is 3.16. The summed E-state index contributed by atoms with van der Waals surface area (Å²) in [7, 11) is 3.48. The lowest BCUT2D eigenvalue weighted by atomic mass is 10.1. The first-order valence-corrected chi connectivity index (χ1v) is 8.43. The molecule has 0 saturated carbocycles. The van der Waals surface area contributed by atoms with Gasteiger partial charge in [0, 0.05) is 20.6 Å². The molecule has 8 nitrogen and oxygen atoms in total. The van der Waals surface area contributed by atoms with Crippen LogP contribution >= 0.6 is 0 Å². The summed E-state index contributed by atoms with van der Waals surface area (Å²) in [6, 6.07) is 13.0. The van der Waals surface area contributed by atoms with Crippen molar-refractivity contribution in [1.29, 1.82) is 0 Å². The maximum absolute atomic E-state index is 12.7. The van der Waals surface area contributed by atoms with Gasteiger partial charge in [-0.05, 0) is 29.8 Å². The minimum Gasteiger partial charge on any atom is -0.348 e. The Kier molecular flexibility index (Phi) is 4.08. The van der Waals surface area contributed by atoms with Crippen LogP contribution in [0.2, 0.25) is 0 Å². The molecule has 27 heavy (non-hydrogen) atoms. The van der Waals surface area contributed by atoms with E-state index in [1.807, 2.05) is 36.4 Å². The number of hydrogen-bond donors (Lipinski definition) is 1. The first-order valence-electron chi connectivity index (χ1n) is 8.43. The van der Waals surface area contributed by atoms with Crippen LogP contribution in [-0.2, 0) is 20.6 Å². The number of carbonyl (C=O) groups is 1. The lowest BCUT2D eigenvalue weighted by Crippen LogP contribution is -2.24. The van der Waals surface area contributed by atoms with E-state index in [0.29, 0.717) is 17.8 Å². The fraction of sp³-hybridized carbons (Fsp3) is 0.158. The number of hydrogen-bond acceptors (Lipinski definition) is 4. The van der Waals surface area contributed by atoms with E-state index in [4.69, 9.17) is 0 Å². The number of benzene rings is 2. The van der Waals surface area contributed by atoms with E-state index in [0.717, 1.165) is 16.6 Å². The van der Waals surface area contributed by atoms with Crippen molar-refractivity contribution >= 4 is 16.9 Å². The molecule has 0 atom stereocenters. The van der Waals surface area contributed by atoms with Crippen LogP contribution in [0.1, 0.15) is 15.9 Å². The van der Waals surface area contributed by atoms with Crippen LogP contribution in [-0.4, -0.2) is 29.8 Å². The van der Waals surface area contributed by atoms with E-state index in [1.165, 1.54) is 0 Å². The molecular formula is C19H18N6O2. The Bertz CT molecular complexity index is 1190. The van der Waals surface area contributed by atoms with Crippen molar-refractivity contribution in [2.24, 2.45) is 14.1 Å². The minimum atomic E-state index is -0.193. The fourth-order valence-electron chi connectivity index (χ4n) is 3.16. The Morgan fingerprint density at radius 2 is 1.70 bits per heavy atom. The topological polar surface area (TPSA) is 86.7 Å². The van der Waals surface area contributed by atoms with Crippen LogP contribution < -0.4 is 11.0 Å². The summed E-state index contributed by atoms with van der Waals surface area (Å²) >= 11 is 0. The summed E-state index contributed by atoms with van der Waals surface area (Å²) < 4.78 is 4.90. The number of fused-ring (bicyclic) bond motifs is 1. The normalized spacial score (nSPS) is 11.0. The highest BCUT2D eigenvalue weighted by atomic mass is 16.2. The Balaban J connectivity index is 1.58. The quantitative estimate of drug-likeness (QED) is 0.594. The molecule has 1 amide bonds. The number of rotatable bonds is 4. The molecule has 0 saturated heterocycles. The molecule has 4 aromatic rings. The van der Waals surface area contributed by atoms with E-state index < -0.39 is 0 Å². The van der Waals surface area contributed by atoms with Gasteiger partial charge in [0.25, 0.3) is 5.91 Å². The molecule has 2 aromatic carbocycles. The second-order valence-electron chi connectivity index (χ2n) is 6.29. The summed E-state index contributed by atoms with van der Waals surface area (Å²) in [4.78, 5) is 24.7. The number of aryl methyl sites for hydroxylation is 2. The number of nitrogens with one attached hydrogen (secondary N) is 1. The van der Waals surface area contributed by atoms with Gasteiger partial charge >= 0.3 is 5.69 Å². The zero-order chi connectivity index (χ0) is 19.0. The third-order valence-corrected chi connectivity index (χ3v) is 4.64. The van der Waals surface area contributed by atoms with Crippen molar-refractivity contribution in [3.63, 3.8) is 0 Å². The van der Waals surface area contributed by atoms with Crippen LogP contribution in [0, 0.1) is 0 Å². The van der Waals surface area contributed by atoms with Gasteiger partial charge in [0.15, 0.2) is 0 Å². The zero-order valence-corrected chi connectivity index (χ0v) is 15.0. The lowest BCUT2D eigenvalue weighted by Gasteiger charge is -2.10. The maximum Gasteiger partial charge on any atom is 0.328 e. The average Bonchev–Trinajstić information content (AvgIpc) is 3.31. The molecule has 2 aromatic heterocycles. The second-order valence-corrected chi connectivity index (χ2v) is 6.29. The molecule has 0 fully saturated rings. The van der Waals surface area contributed by atoms with Gasteiger partial charge in [0.1, 0.15) is 12.7 Å². The number of amides is 1. The van der Waals surface area contributed by atoms with Crippen LogP contribution in [0.5, 0.6) is 0 Å². The lowest BCUT2D eigenvalue weighted by molar-refractivity contribution is 0.0951. The molecule has 0 aliphatic rings. The Labute approximate surface area is 154 Å². The number of aromatic nitrogens is 5. The third kappa shape index (κ3) is 2.91.